The second-order valence-corrected chi connectivity index (χ2v) is 15.6. The molecule has 2 aromatic carbocycles. The number of rotatable bonds is 9. The highest BCUT2D eigenvalue weighted by Gasteiger charge is 2.57. The van der Waals surface area contributed by atoms with E-state index >= 15 is 4.39 Å². The van der Waals surface area contributed by atoms with Gasteiger partial charge in [0.1, 0.15) is 23.6 Å². The molecule has 3 fully saturated rings. The number of amides is 4. The van der Waals surface area contributed by atoms with Gasteiger partial charge in [-0.1, -0.05) is 51.8 Å². The first kappa shape index (κ1) is 32.7. The number of carbonyl (C=O) groups is 4. The quantitative estimate of drug-likeness (QED) is 0.340. The van der Waals surface area contributed by atoms with Crippen molar-refractivity contribution in [3.05, 3.63) is 59.5 Å². The Balaban J connectivity index is 1.14. The van der Waals surface area contributed by atoms with Crippen molar-refractivity contribution >= 4 is 40.2 Å². The number of likely N-dealkylation sites (tertiary alicyclic amines) is 1. The molecule has 256 valence electrons. The average molecular weight is 668 g/mol. The molecule has 0 bridgehead atoms. The molecule has 3 aromatic rings. The van der Waals surface area contributed by atoms with Gasteiger partial charge in [0.2, 0.25) is 17.7 Å². The summed E-state index contributed by atoms with van der Waals surface area (Å²) in [6.45, 7) is 5.93. The molecule has 1 aromatic heterocycles. The molecule has 2 aliphatic carbocycles. The third-order valence-corrected chi connectivity index (χ3v) is 10.5. The predicted octanol–water partition coefficient (Wildman–Crippen LogP) is 4.69. The summed E-state index contributed by atoms with van der Waals surface area (Å²) in [7, 11) is 1.56. The van der Waals surface area contributed by atoms with Crippen molar-refractivity contribution in [1.82, 2.24) is 24.9 Å². The summed E-state index contributed by atoms with van der Waals surface area (Å²) in [5.74, 6) is -2.03. The number of benzene rings is 2. The van der Waals surface area contributed by atoms with Gasteiger partial charge in [-0.05, 0) is 60.8 Å². The number of hydrogen-bond acceptors (Lipinski definition) is 6. The highest BCUT2D eigenvalue weighted by Crippen LogP contribution is 2.47. The van der Waals surface area contributed by atoms with Crippen LogP contribution in [0, 0.1) is 28.5 Å². The van der Waals surface area contributed by atoms with Crippen LogP contribution in [-0.2, 0) is 19.8 Å². The Bertz CT molecular complexity index is 1900. The van der Waals surface area contributed by atoms with Gasteiger partial charge in [-0.15, -0.1) is 0 Å². The van der Waals surface area contributed by atoms with E-state index in [1.807, 2.05) is 45.0 Å². The first-order chi connectivity index (χ1) is 23.3. The maximum absolute atomic E-state index is 15.1. The molecular weight excluding hydrogens is 625 g/mol. The van der Waals surface area contributed by atoms with Crippen LogP contribution in [0.25, 0.3) is 10.9 Å². The number of nitrogens with zero attached hydrogens (tertiary/aromatic N) is 5. The third kappa shape index (κ3) is 6.15. The van der Waals surface area contributed by atoms with Crippen LogP contribution in [0.4, 0.5) is 10.1 Å². The van der Waals surface area contributed by atoms with E-state index in [4.69, 9.17) is 0 Å². The number of fused-ring (bicyclic) bond motifs is 3. The zero-order chi connectivity index (χ0) is 34.8. The largest absolute Gasteiger partial charge is 0.340 e. The lowest BCUT2D eigenvalue weighted by atomic mass is 9.80. The molecule has 2 N–H and O–H groups in total. The van der Waals surface area contributed by atoms with E-state index in [0.29, 0.717) is 17.5 Å². The summed E-state index contributed by atoms with van der Waals surface area (Å²) >= 11 is 0. The van der Waals surface area contributed by atoms with Gasteiger partial charge in [-0.25, -0.2) is 4.39 Å². The lowest BCUT2D eigenvalue weighted by Crippen LogP contribution is -2.56. The smallest absolute Gasteiger partial charge is 0.252 e. The standard InChI is InChI=1S/C37H42FN7O4/c1-36(2,3)17-30(34(48)44-20-37(16-25(44)18-39)26-7-5-6-8-28(26)41-35(37)49)43(4)33(47)29(13-21-9-10-21)40-32(46)22-14-23-19-45(24-11-12-24)42-31(23)27(38)15-22/h5-8,14-15,19,21,24-25,29-30H,9-13,16-17,20H2,1-4H3,(H,40,46)(H,41,49)/t25-,29-,30-,37-/m0/s1. The minimum atomic E-state index is -1.06. The Hall–Kier alpha value is -4.79. The van der Waals surface area contributed by atoms with Gasteiger partial charge in [0.25, 0.3) is 5.91 Å². The minimum absolute atomic E-state index is 0.0171. The number of carbonyl (C=O) groups excluding carboxylic acids is 4. The van der Waals surface area contributed by atoms with E-state index < -0.39 is 52.5 Å². The van der Waals surface area contributed by atoms with E-state index in [1.54, 1.807) is 24.0 Å². The number of para-hydroxylation sites is 1. The number of halogens is 1. The summed E-state index contributed by atoms with van der Waals surface area (Å²) in [5.41, 5.74) is 0.276. The van der Waals surface area contributed by atoms with Crippen molar-refractivity contribution < 1.29 is 23.6 Å². The molecule has 4 amide bonds. The highest BCUT2D eigenvalue weighted by atomic mass is 19.1. The summed E-state index contributed by atoms with van der Waals surface area (Å²) in [5, 5.41) is 20.9. The molecule has 4 atom stereocenters. The van der Waals surface area contributed by atoms with E-state index in [9.17, 15) is 24.4 Å². The first-order valence-electron chi connectivity index (χ1n) is 17.1. The van der Waals surface area contributed by atoms with Gasteiger partial charge < -0.3 is 20.4 Å². The van der Waals surface area contributed by atoms with Crippen molar-refractivity contribution in [2.45, 2.75) is 95.3 Å². The van der Waals surface area contributed by atoms with Gasteiger partial charge >= 0.3 is 0 Å². The Morgan fingerprint density at radius 2 is 1.92 bits per heavy atom. The van der Waals surface area contributed by atoms with Gasteiger partial charge in [0.05, 0.1) is 17.5 Å². The third-order valence-electron chi connectivity index (χ3n) is 10.5. The summed E-state index contributed by atoms with van der Waals surface area (Å²) < 4.78 is 16.8. The molecule has 7 rings (SSSR count). The monoisotopic (exact) mass is 667 g/mol. The molecule has 2 aliphatic heterocycles. The fourth-order valence-electron chi connectivity index (χ4n) is 7.46. The number of nitrogens with one attached hydrogen (secondary N) is 2. The van der Waals surface area contributed by atoms with Crippen LogP contribution in [0.5, 0.6) is 0 Å². The fraction of sp³-hybridized carbons (Fsp3) is 0.514. The normalized spacial score (nSPS) is 22.8. The molecule has 0 unspecified atom stereocenters. The SMILES string of the molecule is CN(C(=O)[C@H](CC1CC1)NC(=O)c1cc(F)c2nn(C3CC3)cc2c1)[C@@H](CC(C)(C)C)C(=O)N1C[C@]2(C[C@H]1C#N)C(=O)Nc1ccccc12. The van der Waals surface area contributed by atoms with Gasteiger partial charge in [0.15, 0.2) is 5.82 Å². The number of aromatic nitrogens is 2. The molecule has 12 heteroatoms. The minimum Gasteiger partial charge on any atom is -0.340 e. The van der Waals surface area contributed by atoms with Crippen LogP contribution in [0.1, 0.15) is 87.7 Å². The van der Waals surface area contributed by atoms with Crippen molar-refractivity contribution in [2.24, 2.45) is 11.3 Å². The summed E-state index contributed by atoms with van der Waals surface area (Å²) in [4.78, 5) is 58.7. The van der Waals surface area contributed by atoms with Crippen LogP contribution in [0.3, 0.4) is 0 Å². The lowest BCUT2D eigenvalue weighted by molar-refractivity contribution is -0.147. The van der Waals surface area contributed by atoms with Crippen LogP contribution in [0.15, 0.2) is 42.6 Å². The number of hydrogen-bond donors (Lipinski definition) is 2. The van der Waals surface area contributed by atoms with Crippen LogP contribution in [-0.4, -0.2) is 74.9 Å². The maximum Gasteiger partial charge on any atom is 0.252 e. The Labute approximate surface area is 284 Å². The van der Waals surface area contributed by atoms with Gasteiger partial charge in [-0.2, -0.15) is 10.4 Å². The van der Waals surface area contributed by atoms with Crippen molar-refractivity contribution in [3.63, 3.8) is 0 Å². The number of nitriles is 1. The topological polar surface area (TPSA) is 140 Å². The molecule has 3 heterocycles. The molecular formula is C37H42FN7O4. The van der Waals surface area contributed by atoms with E-state index in [1.165, 1.54) is 9.80 Å². The van der Waals surface area contributed by atoms with E-state index in [-0.39, 0.29) is 48.3 Å². The van der Waals surface area contributed by atoms with Crippen LogP contribution >= 0.6 is 0 Å². The van der Waals surface area contributed by atoms with E-state index in [0.717, 1.165) is 37.3 Å². The number of anilines is 1. The molecule has 11 nitrogen and oxygen atoms in total. The Morgan fingerprint density at radius 1 is 1.18 bits per heavy atom. The molecule has 1 saturated heterocycles. The van der Waals surface area contributed by atoms with Crippen molar-refractivity contribution in [3.8, 4) is 6.07 Å². The van der Waals surface area contributed by atoms with E-state index in [2.05, 4.69) is 21.8 Å². The van der Waals surface area contributed by atoms with Crippen molar-refractivity contribution in [2.75, 3.05) is 18.9 Å². The van der Waals surface area contributed by atoms with Crippen LogP contribution in [0.2, 0.25) is 0 Å². The predicted molar refractivity (Wildman–Crippen MR) is 180 cm³/mol. The summed E-state index contributed by atoms with van der Waals surface area (Å²) in [6.07, 6.45) is 6.41. The highest BCUT2D eigenvalue weighted by molar-refractivity contribution is 6.07. The molecule has 1 spiro atoms. The second-order valence-electron chi connectivity index (χ2n) is 15.6. The Morgan fingerprint density at radius 3 is 2.59 bits per heavy atom. The second kappa shape index (κ2) is 12.0. The molecule has 4 aliphatic rings. The summed E-state index contributed by atoms with van der Waals surface area (Å²) in [6, 6.07) is 9.79. The van der Waals surface area contributed by atoms with Crippen LogP contribution < -0.4 is 10.6 Å². The average Bonchev–Trinajstić information content (AvgIpc) is 3.98. The fourth-order valence-corrected chi connectivity index (χ4v) is 7.46. The number of likely N-dealkylation sites (N-methyl/N-ethyl adjacent to an activating group) is 1. The zero-order valence-electron chi connectivity index (χ0n) is 28.3. The van der Waals surface area contributed by atoms with Crippen molar-refractivity contribution in [1.29, 1.82) is 5.26 Å². The maximum atomic E-state index is 15.1. The Kier molecular flexibility index (Phi) is 8.00. The first-order valence-corrected chi connectivity index (χ1v) is 17.1. The van der Waals surface area contributed by atoms with Gasteiger partial charge in [-0.3, -0.25) is 23.9 Å². The lowest BCUT2D eigenvalue weighted by Gasteiger charge is -2.37. The van der Waals surface area contributed by atoms with Gasteiger partial charge in [0, 0.05) is 42.8 Å². The molecule has 2 saturated carbocycles. The molecule has 0 radical (unpaired) electrons. The molecule has 49 heavy (non-hydrogen) atoms. The zero-order valence-corrected chi connectivity index (χ0v) is 28.3.